The smallest absolute Gasteiger partial charge is 0.358 e. The summed E-state index contributed by atoms with van der Waals surface area (Å²) < 4.78 is 1.53. The SMILES string of the molecule is O=C(NC12CC3CC(CC(C3)C1)C2)c1cc(Cn2ccc([N+](=O)[O-])n2)cs1. The molecule has 1 N–H and O–H groups in total. The Labute approximate surface area is 160 Å². The predicted molar refractivity (Wildman–Crippen MR) is 101 cm³/mol. The van der Waals surface area contributed by atoms with Gasteiger partial charge in [-0.15, -0.1) is 11.3 Å². The summed E-state index contributed by atoms with van der Waals surface area (Å²) in [6, 6.07) is 3.26. The van der Waals surface area contributed by atoms with Gasteiger partial charge in [-0.3, -0.25) is 4.79 Å². The normalized spacial score (nSPS) is 31.2. The lowest BCUT2D eigenvalue weighted by Crippen LogP contribution is -2.59. The number of nitrogens with zero attached hydrogens (tertiary/aromatic N) is 3. The molecule has 2 aromatic rings. The van der Waals surface area contributed by atoms with Crippen LogP contribution in [0.5, 0.6) is 0 Å². The maximum absolute atomic E-state index is 12.9. The van der Waals surface area contributed by atoms with E-state index in [2.05, 4.69) is 10.4 Å². The molecule has 4 aliphatic rings. The topological polar surface area (TPSA) is 90.1 Å². The Morgan fingerprint density at radius 2 is 1.96 bits per heavy atom. The third-order valence-corrected chi connectivity index (χ3v) is 7.43. The molecule has 4 saturated carbocycles. The number of carbonyl (C=O) groups is 1. The zero-order chi connectivity index (χ0) is 18.6. The fourth-order valence-electron chi connectivity index (χ4n) is 5.87. The van der Waals surface area contributed by atoms with Crippen LogP contribution in [0.2, 0.25) is 0 Å². The van der Waals surface area contributed by atoms with Gasteiger partial charge >= 0.3 is 5.82 Å². The van der Waals surface area contributed by atoms with Gasteiger partial charge in [0.2, 0.25) is 0 Å². The minimum atomic E-state index is -0.505. The van der Waals surface area contributed by atoms with Crippen LogP contribution < -0.4 is 5.32 Å². The molecule has 2 heterocycles. The van der Waals surface area contributed by atoms with E-state index < -0.39 is 4.92 Å². The molecule has 4 fully saturated rings. The Kier molecular flexibility index (Phi) is 3.86. The molecule has 0 saturated heterocycles. The first-order valence-corrected chi connectivity index (χ1v) is 10.4. The first-order valence-electron chi connectivity index (χ1n) is 9.56. The summed E-state index contributed by atoms with van der Waals surface area (Å²) in [5.74, 6) is 2.26. The van der Waals surface area contributed by atoms with Gasteiger partial charge in [0.05, 0.1) is 28.8 Å². The van der Waals surface area contributed by atoms with E-state index in [-0.39, 0.29) is 17.3 Å². The maximum atomic E-state index is 12.9. The molecular formula is C19H22N4O3S. The van der Waals surface area contributed by atoms with E-state index in [1.807, 2.05) is 11.4 Å². The second kappa shape index (κ2) is 6.15. The molecule has 0 aliphatic heterocycles. The molecule has 0 unspecified atom stereocenters. The molecule has 1 amide bonds. The summed E-state index contributed by atoms with van der Waals surface area (Å²) in [6.45, 7) is 0.426. The van der Waals surface area contributed by atoms with Crippen LogP contribution in [0.15, 0.2) is 23.7 Å². The van der Waals surface area contributed by atoms with Crippen molar-refractivity contribution in [2.45, 2.75) is 50.6 Å². The number of amides is 1. The van der Waals surface area contributed by atoms with Crippen molar-refractivity contribution in [2.75, 3.05) is 0 Å². The summed E-state index contributed by atoms with van der Waals surface area (Å²) in [7, 11) is 0. The molecular weight excluding hydrogens is 364 g/mol. The van der Waals surface area contributed by atoms with E-state index >= 15 is 0 Å². The van der Waals surface area contributed by atoms with Crippen molar-refractivity contribution >= 4 is 23.1 Å². The molecule has 7 nitrogen and oxygen atoms in total. The average molecular weight is 386 g/mol. The van der Waals surface area contributed by atoms with Crippen LogP contribution in [0.3, 0.4) is 0 Å². The molecule has 0 aromatic carbocycles. The highest BCUT2D eigenvalue weighted by molar-refractivity contribution is 7.12. The van der Waals surface area contributed by atoms with Gasteiger partial charge in [0, 0.05) is 5.54 Å². The van der Waals surface area contributed by atoms with Crippen LogP contribution >= 0.6 is 11.3 Å². The number of hydrogen-bond donors (Lipinski definition) is 1. The van der Waals surface area contributed by atoms with E-state index in [1.165, 1.54) is 41.3 Å². The Hall–Kier alpha value is -2.22. The van der Waals surface area contributed by atoms with Crippen LogP contribution in [0.25, 0.3) is 0 Å². The van der Waals surface area contributed by atoms with Crippen LogP contribution in [0.4, 0.5) is 5.82 Å². The Morgan fingerprint density at radius 3 is 2.56 bits per heavy atom. The van der Waals surface area contributed by atoms with Crippen LogP contribution in [-0.2, 0) is 6.54 Å². The third-order valence-electron chi connectivity index (χ3n) is 6.45. The van der Waals surface area contributed by atoms with Crippen molar-refractivity contribution in [3.63, 3.8) is 0 Å². The highest BCUT2D eigenvalue weighted by Gasteiger charge is 2.51. The second-order valence-corrected chi connectivity index (χ2v) is 9.51. The number of nitro groups is 1. The van der Waals surface area contributed by atoms with Crippen molar-refractivity contribution < 1.29 is 9.72 Å². The molecule has 27 heavy (non-hydrogen) atoms. The second-order valence-electron chi connectivity index (χ2n) is 8.60. The largest absolute Gasteiger partial charge is 0.389 e. The lowest BCUT2D eigenvalue weighted by atomic mass is 9.53. The zero-order valence-electron chi connectivity index (χ0n) is 15.0. The zero-order valence-corrected chi connectivity index (χ0v) is 15.8. The average Bonchev–Trinajstić information content (AvgIpc) is 3.23. The van der Waals surface area contributed by atoms with E-state index in [4.69, 9.17) is 0 Å². The highest BCUT2D eigenvalue weighted by Crippen LogP contribution is 2.55. The molecule has 0 radical (unpaired) electrons. The Morgan fingerprint density at radius 1 is 1.30 bits per heavy atom. The van der Waals surface area contributed by atoms with Crippen LogP contribution in [-0.4, -0.2) is 26.1 Å². The van der Waals surface area contributed by atoms with Gasteiger partial charge in [0.1, 0.15) is 0 Å². The fourth-order valence-corrected chi connectivity index (χ4v) is 6.67. The van der Waals surface area contributed by atoms with Crippen molar-refractivity contribution in [1.82, 2.24) is 15.1 Å². The van der Waals surface area contributed by atoms with Crippen molar-refractivity contribution in [3.8, 4) is 0 Å². The van der Waals surface area contributed by atoms with Gasteiger partial charge in [-0.25, -0.2) is 0 Å². The van der Waals surface area contributed by atoms with Gasteiger partial charge in [-0.2, -0.15) is 4.68 Å². The number of rotatable bonds is 5. The summed E-state index contributed by atoms with van der Waals surface area (Å²) in [5.41, 5.74) is 0.951. The van der Waals surface area contributed by atoms with Crippen molar-refractivity contribution in [3.05, 3.63) is 44.3 Å². The summed E-state index contributed by atoms with van der Waals surface area (Å²) in [4.78, 5) is 23.8. The van der Waals surface area contributed by atoms with Gasteiger partial charge < -0.3 is 15.4 Å². The molecule has 6 rings (SSSR count). The molecule has 4 bridgehead atoms. The van der Waals surface area contributed by atoms with Gasteiger partial charge in [-0.05, 0) is 78.2 Å². The maximum Gasteiger partial charge on any atom is 0.389 e. The van der Waals surface area contributed by atoms with Crippen LogP contribution in [0, 0.1) is 27.9 Å². The van der Waals surface area contributed by atoms with Gasteiger partial charge in [0.15, 0.2) is 0 Å². The number of thiophene rings is 1. The van der Waals surface area contributed by atoms with E-state index in [1.54, 1.807) is 6.20 Å². The number of aromatic nitrogens is 2. The standard InChI is InChI=1S/C19H22N4O3S/c24-18(20-19-7-12-3-13(8-19)5-14(4-12)9-19)16-6-15(11-27-16)10-22-2-1-17(21-22)23(25)26/h1-2,6,11-14H,3-5,7-10H2,(H,20,24). The molecule has 8 heteroatoms. The number of hydrogen-bond acceptors (Lipinski definition) is 5. The summed E-state index contributed by atoms with van der Waals surface area (Å²) in [6.07, 6.45) is 9.07. The summed E-state index contributed by atoms with van der Waals surface area (Å²) >= 11 is 1.43. The quantitative estimate of drug-likeness (QED) is 0.628. The first-order chi connectivity index (χ1) is 13.0. The minimum absolute atomic E-state index is 0.0125. The lowest BCUT2D eigenvalue weighted by molar-refractivity contribution is -0.389. The van der Waals surface area contributed by atoms with Crippen LogP contribution in [0.1, 0.15) is 53.8 Å². The lowest BCUT2D eigenvalue weighted by Gasteiger charge is -2.56. The minimum Gasteiger partial charge on any atom is -0.358 e. The van der Waals surface area contributed by atoms with E-state index in [0.717, 1.165) is 42.6 Å². The third kappa shape index (κ3) is 3.16. The first kappa shape index (κ1) is 16.9. The molecule has 142 valence electrons. The monoisotopic (exact) mass is 386 g/mol. The number of carbonyl (C=O) groups excluding carboxylic acids is 1. The molecule has 4 aliphatic carbocycles. The fraction of sp³-hybridized carbons (Fsp3) is 0.579. The predicted octanol–water partition coefficient (Wildman–Crippen LogP) is 3.60. The van der Waals surface area contributed by atoms with Crippen molar-refractivity contribution in [1.29, 1.82) is 0 Å². The number of nitrogens with one attached hydrogen (secondary N) is 1. The molecule has 2 aromatic heterocycles. The van der Waals surface area contributed by atoms with Gasteiger partial charge in [0.25, 0.3) is 5.91 Å². The Bertz CT molecular complexity index is 867. The Balaban J connectivity index is 1.27. The van der Waals surface area contributed by atoms with Gasteiger partial charge in [-0.1, -0.05) is 0 Å². The molecule has 0 spiro atoms. The van der Waals surface area contributed by atoms with E-state index in [0.29, 0.717) is 11.4 Å². The van der Waals surface area contributed by atoms with E-state index in [9.17, 15) is 14.9 Å². The summed E-state index contributed by atoms with van der Waals surface area (Å²) in [5, 5.41) is 20.0. The highest BCUT2D eigenvalue weighted by atomic mass is 32.1. The van der Waals surface area contributed by atoms with Crippen molar-refractivity contribution in [2.24, 2.45) is 17.8 Å². The molecule has 0 atom stereocenters.